The second-order valence-electron chi connectivity index (χ2n) is 6.96. The molecule has 0 bridgehead atoms. The van der Waals surface area contributed by atoms with Crippen molar-refractivity contribution >= 4 is 12.3 Å². The average molecular weight is 412 g/mol. The second kappa shape index (κ2) is 8.67. The lowest BCUT2D eigenvalue weighted by Crippen LogP contribution is -2.10. The topological polar surface area (TPSA) is 70.4 Å². The minimum atomic E-state index is -0.574. The van der Waals surface area contributed by atoms with Crippen LogP contribution in [0.3, 0.4) is 0 Å². The molecule has 0 unspecified atom stereocenters. The van der Waals surface area contributed by atoms with Crippen LogP contribution in [-0.4, -0.2) is 29.1 Å². The van der Waals surface area contributed by atoms with E-state index in [1.807, 2.05) is 61.5 Å². The van der Waals surface area contributed by atoms with Crippen LogP contribution in [-0.2, 0) is 0 Å². The molecule has 0 saturated carbocycles. The van der Waals surface area contributed by atoms with E-state index < -0.39 is 5.97 Å². The summed E-state index contributed by atoms with van der Waals surface area (Å²) < 4.78 is 12.5. The predicted molar refractivity (Wildman–Crippen MR) is 117 cm³/mol. The Labute approximate surface area is 179 Å². The van der Waals surface area contributed by atoms with Crippen molar-refractivity contribution in [1.82, 2.24) is 9.78 Å². The maximum absolute atomic E-state index is 13.1. The molecule has 0 fully saturated rings. The zero-order chi connectivity index (χ0) is 21.8. The van der Waals surface area contributed by atoms with Crippen LogP contribution in [0.4, 0.5) is 0 Å². The molecule has 0 spiro atoms. The maximum Gasteiger partial charge on any atom is 0.347 e. The first-order valence-corrected chi connectivity index (χ1v) is 9.66. The minimum absolute atomic E-state index is 0.223. The number of ether oxygens (including phenoxy) is 2. The summed E-state index contributed by atoms with van der Waals surface area (Å²) in [4.78, 5) is 24.2. The summed E-state index contributed by atoms with van der Waals surface area (Å²) in [5.74, 6) is -0.0550. The monoisotopic (exact) mass is 412 g/mol. The number of rotatable bonds is 6. The third-order valence-electron chi connectivity index (χ3n) is 4.81. The fraction of sp³-hybridized carbons (Fsp3) is 0.0800. The summed E-state index contributed by atoms with van der Waals surface area (Å²) in [5.41, 5.74) is 3.98. The van der Waals surface area contributed by atoms with Gasteiger partial charge in [0.2, 0.25) is 0 Å². The van der Waals surface area contributed by atoms with Crippen molar-refractivity contribution in [1.29, 1.82) is 0 Å². The number of methoxy groups -OCH3 is 1. The molecule has 31 heavy (non-hydrogen) atoms. The number of aldehydes is 1. The molecule has 0 aliphatic rings. The summed E-state index contributed by atoms with van der Waals surface area (Å²) in [6, 6.07) is 21.9. The number of carbonyl (C=O) groups excluding carboxylic acids is 2. The first kappa shape index (κ1) is 20.1. The van der Waals surface area contributed by atoms with Crippen molar-refractivity contribution in [2.24, 2.45) is 0 Å². The summed E-state index contributed by atoms with van der Waals surface area (Å²) in [5, 5.41) is 4.65. The Morgan fingerprint density at radius 1 is 0.968 bits per heavy atom. The fourth-order valence-corrected chi connectivity index (χ4v) is 3.16. The highest BCUT2D eigenvalue weighted by molar-refractivity contribution is 5.97. The quantitative estimate of drug-likeness (QED) is 0.256. The summed E-state index contributed by atoms with van der Waals surface area (Å²) >= 11 is 0. The lowest BCUT2D eigenvalue weighted by atomic mass is 10.1. The van der Waals surface area contributed by atoms with Crippen LogP contribution < -0.4 is 9.47 Å². The minimum Gasteiger partial charge on any atom is -0.493 e. The molecule has 6 nitrogen and oxygen atoms in total. The number of para-hydroxylation sites is 1. The van der Waals surface area contributed by atoms with E-state index in [0.717, 1.165) is 16.8 Å². The molecule has 0 aliphatic heterocycles. The van der Waals surface area contributed by atoms with Crippen molar-refractivity contribution in [3.8, 4) is 28.4 Å². The van der Waals surface area contributed by atoms with Crippen molar-refractivity contribution < 1.29 is 19.1 Å². The SMILES string of the molecule is COc1cc(C=O)ccc1OC(=O)c1cn(-c2ccccc2)nc1-c1ccc(C)cc1. The molecule has 0 atom stereocenters. The average Bonchev–Trinajstić information content (AvgIpc) is 3.26. The number of aryl methyl sites for hydroxylation is 1. The van der Waals surface area contributed by atoms with Gasteiger partial charge < -0.3 is 9.47 Å². The van der Waals surface area contributed by atoms with Crippen molar-refractivity contribution in [2.75, 3.05) is 7.11 Å². The van der Waals surface area contributed by atoms with Gasteiger partial charge in [0.05, 0.1) is 12.8 Å². The summed E-state index contributed by atoms with van der Waals surface area (Å²) in [6.07, 6.45) is 2.35. The van der Waals surface area contributed by atoms with E-state index in [1.54, 1.807) is 16.9 Å². The van der Waals surface area contributed by atoms with E-state index >= 15 is 0 Å². The highest BCUT2D eigenvalue weighted by Crippen LogP contribution is 2.30. The smallest absolute Gasteiger partial charge is 0.347 e. The lowest BCUT2D eigenvalue weighted by Gasteiger charge is -2.09. The molecule has 1 heterocycles. The van der Waals surface area contributed by atoms with Crippen LogP contribution >= 0.6 is 0 Å². The molecule has 4 aromatic rings. The first-order chi connectivity index (χ1) is 15.1. The maximum atomic E-state index is 13.1. The van der Waals surface area contributed by atoms with Crippen LogP contribution in [0.5, 0.6) is 11.5 Å². The molecule has 3 aromatic carbocycles. The Bertz CT molecular complexity index is 1230. The second-order valence-corrected chi connectivity index (χ2v) is 6.96. The summed E-state index contributed by atoms with van der Waals surface area (Å²) in [6.45, 7) is 2.00. The van der Waals surface area contributed by atoms with Gasteiger partial charge in [0.25, 0.3) is 0 Å². The van der Waals surface area contributed by atoms with Crippen LogP contribution in [0.2, 0.25) is 0 Å². The van der Waals surface area contributed by atoms with E-state index in [0.29, 0.717) is 28.9 Å². The van der Waals surface area contributed by atoms with Gasteiger partial charge in [-0.3, -0.25) is 4.79 Å². The number of hydrogen-bond donors (Lipinski definition) is 0. The zero-order valence-corrected chi connectivity index (χ0v) is 17.1. The molecule has 0 amide bonds. The van der Waals surface area contributed by atoms with Gasteiger partial charge >= 0.3 is 5.97 Å². The van der Waals surface area contributed by atoms with Gasteiger partial charge in [-0.2, -0.15) is 5.10 Å². The van der Waals surface area contributed by atoms with E-state index in [2.05, 4.69) is 5.10 Å². The Kier molecular flexibility index (Phi) is 5.62. The van der Waals surface area contributed by atoms with Crippen LogP contribution in [0.25, 0.3) is 16.9 Å². The van der Waals surface area contributed by atoms with Crippen LogP contribution in [0, 0.1) is 6.92 Å². The fourth-order valence-electron chi connectivity index (χ4n) is 3.16. The molecule has 0 N–H and O–H groups in total. The van der Waals surface area contributed by atoms with Gasteiger partial charge in [0.1, 0.15) is 17.5 Å². The molecule has 0 aliphatic carbocycles. The van der Waals surface area contributed by atoms with Gasteiger partial charge in [-0.15, -0.1) is 0 Å². The normalized spacial score (nSPS) is 10.5. The van der Waals surface area contributed by atoms with Gasteiger partial charge in [-0.25, -0.2) is 9.48 Å². The Morgan fingerprint density at radius 2 is 1.71 bits per heavy atom. The zero-order valence-electron chi connectivity index (χ0n) is 17.1. The first-order valence-electron chi connectivity index (χ1n) is 9.66. The van der Waals surface area contributed by atoms with Crippen molar-refractivity contribution in [3.05, 3.63) is 95.7 Å². The number of carbonyl (C=O) groups is 2. The number of esters is 1. The van der Waals surface area contributed by atoms with E-state index in [1.165, 1.54) is 19.2 Å². The molecule has 0 saturated heterocycles. The number of benzene rings is 3. The van der Waals surface area contributed by atoms with Crippen molar-refractivity contribution in [2.45, 2.75) is 6.92 Å². The van der Waals surface area contributed by atoms with Gasteiger partial charge in [-0.05, 0) is 37.3 Å². The Hall–Kier alpha value is -4.19. The molecular formula is C25H20N2O4. The van der Waals surface area contributed by atoms with E-state index in [-0.39, 0.29) is 5.75 Å². The molecule has 154 valence electrons. The van der Waals surface area contributed by atoms with Gasteiger partial charge in [0, 0.05) is 17.3 Å². The predicted octanol–water partition coefficient (Wildman–Crippen LogP) is 4.89. The highest BCUT2D eigenvalue weighted by atomic mass is 16.6. The van der Waals surface area contributed by atoms with Crippen LogP contribution in [0.15, 0.2) is 79.0 Å². The molecule has 4 rings (SSSR count). The number of hydrogen-bond acceptors (Lipinski definition) is 5. The third-order valence-corrected chi connectivity index (χ3v) is 4.81. The number of nitrogens with zero attached hydrogens (tertiary/aromatic N) is 2. The molecular weight excluding hydrogens is 392 g/mol. The van der Waals surface area contributed by atoms with Gasteiger partial charge in [0.15, 0.2) is 11.5 Å². The third kappa shape index (κ3) is 4.23. The molecule has 6 heteroatoms. The Balaban J connectivity index is 1.76. The van der Waals surface area contributed by atoms with Crippen molar-refractivity contribution in [3.63, 3.8) is 0 Å². The van der Waals surface area contributed by atoms with E-state index in [9.17, 15) is 9.59 Å². The van der Waals surface area contributed by atoms with Crippen LogP contribution in [0.1, 0.15) is 26.3 Å². The Morgan fingerprint density at radius 3 is 2.39 bits per heavy atom. The standard InChI is InChI=1S/C25H20N2O4/c1-17-8-11-19(12-9-17)24-21(15-27(26-24)20-6-4-3-5-7-20)25(29)31-22-13-10-18(16-28)14-23(22)30-2/h3-16H,1-2H3. The number of aromatic nitrogens is 2. The largest absolute Gasteiger partial charge is 0.493 e. The molecule has 1 aromatic heterocycles. The van der Waals surface area contributed by atoms with Gasteiger partial charge in [-0.1, -0.05) is 48.0 Å². The van der Waals surface area contributed by atoms with E-state index in [4.69, 9.17) is 9.47 Å². The lowest BCUT2D eigenvalue weighted by molar-refractivity contribution is 0.0730. The summed E-state index contributed by atoms with van der Waals surface area (Å²) in [7, 11) is 1.45. The molecule has 0 radical (unpaired) electrons. The highest BCUT2D eigenvalue weighted by Gasteiger charge is 2.22.